The number of carbonyl (C=O) groups excluding carboxylic acids is 1. The average Bonchev–Trinajstić information content (AvgIpc) is 3.12. The van der Waals surface area contributed by atoms with E-state index in [1.54, 1.807) is 13.4 Å². The summed E-state index contributed by atoms with van der Waals surface area (Å²) in [5, 5.41) is 0. The van der Waals surface area contributed by atoms with Crippen molar-refractivity contribution >= 4 is 23.0 Å². The van der Waals surface area contributed by atoms with E-state index in [9.17, 15) is 4.79 Å². The minimum Gasteiger partial charge on any atom is -0.375 e. The molecule has 2 aromatic rings. The minimum atomic E-state index is -0.105. The molecule has 0 bridgehead atoms. The van der Waals surface area contributed by atoms with Gasteiger partial charge in [-0.2, -0.15) is 0 Å². The molecule has 28 heavy (non-hydrogen) atoms. The minimum absolute atomic E-state index is 0.0122. The maximum atomic E-state index is 12.7. The molecule has 2 aliphatic rings. The number of aliphatic imine (C=N–C) groups is 1. The lowest BCUT2D eigenvalue weighted by Crippen LogP contribution is -2.36. The third-order valence-electron chi connectivity index (χ3n) is 5.37. The number of fused-ring (bicyclic) bond motifs is 3. The number of rotatable bonds is 3. The lowest BCUT2D eigenvalue weighted by Gasteiger charge is -2.32. The van der Waals surface area contributed by atoms with Gasteiger partial charge in [-0.25, -0.2) is 4.98 Å². The maximum Gasteiger partial charge on any atom is 0.248 e. The summed E-state index contributed by atoms with van der Waals surface area (Å²) in [6.07, 6.45) is 6.31. The number of ether oxygens (including phenoxy) is 1. The number of hydrogen-bond acceptors (Lipinski definition) is 4. The van der Waals surface area contributed by atoms with Crippen molar-refractivity contribution in [3.63, 3.8) is 0 Å². The van der Waals surface area contributed by atoms with Crippen LogP contribution in [0.2, 0.25) is 0 Å². The molecule has 2 aliphatic heterocycles. The Kier molecular flexibility index (Phi) is 4.73. The lowest BCUT2D eigenvalue weighted by atomic mass is 9.89. The summed E-state index contributed by atoms with van der Waals surface area (Å²) in [5.41, 5.74) is 6.22. The van der Waals surface area contributed by atoms with Gasteiger partial charge in [-0.3, -0.25) is 14.4 Å². The molecule has 0 saturated heterocycles. The second-order valence-electron chi connectivity index (χ2n) is 7.20. The molecule has 3 heterocycles. The predicted molar refractivity (Wildman–Crippen MR) is 110 cm³/mol. The lowest BCUT2D eigenvalue weighted by molar-refractivity contribution is -0.126. The summed E-state index contributed by atoms with van der Waals surface area (Å²) in [5.74, 6) is 0.708. The number of allylic oxidation sites excluding steroid dienone is 2. The predicted octanol–water partition coefficient (Wildman–Crippen LogP) is 3.31. The van der Waals surface area contributed by atoms with Gasteiger partial charge in [-0.05, 0) is 31.4 Å². The van der Waals surface area contributed by atoms with Crippen LogP contribution >= 0.6 is 0 Å². The summed E-state index contributed by atoms with van der Waals surface area (Å²) in [7, 11) is 1.66. The molecule has 1 amide bonds. The van der Waals surface area contributed by atoms with Crippen LogP contribution in [0.1, 0.15) is 42.3 Å². The number of carbonyl (C=O) groups is 1. The SMILES string of the molecule is C=C(C)c1cccc2c1CCN1C(=O)CN=C(n3cnc([C@H](C)OC)c3)C=C21. The number of methoxy groups -OCH3 is 1. The Hall–Kier alpha value is -2.99. The molecule has 0 aliphatic carbocycles. The van der Waals surface area contributed by atoms with Crippen LogP contribution in [0.5, 0.6) is 0 Å². The highest BCUT2D eigenvalue weighted by atomic mass is 16.5. The van der Waals surface area contributed by atoms with E-state index in [2.05, 4.69) is 28.7 Å². The molecule has 0 saturated carbocycles. The van der Waals surface area contributed by atoms with Gasteiger partial charge >= 0.3 is 0 Å². The second-order valence-corrected chi connectivity index (χ2v) is 7.20. The van der Waals surface area contributed by atoms with Crippen LogP contribution in [0.15, 0.2) is 48.4 Å². The zero-order chi connectivity index (χ0) is 19.8. The third-order valence-corrected chi connectivity index (χ3v) is 5.37. The number of benzene rings is 1. The van der Waals surface area contributed by atoms with Crippen LogP contribution in [0.3, 0.4) is 0 Å². The Balaban J connectivity index is 1.81. The Morgan fingerprint density at radius 2 is 2.18 bits per heavy atom. The van der Waals surface area contributed by atoms with E-state index in [0.29, 0.717) is 12.4 Å². The third kappa shape index (κ3) is 3.10. The van der Waals surface area contributed by atoms with E-state index in [1.807, 2.05) is 41.7 Å². The first-order chi connectivity index (χ1) is 13.5. The summed E-state index contributed by atoms with van der Waals surface area (Å²) >= 11 is 0. The quantitative estimate of drug-likeness (QED) is 0.826. The highest BCUT2D eigenvalue weighted by molar-refractivity contribution is 6.06. The van der Waals surface area contributed by atoms with E-state index < -0.39 is 0 Å². The summed E-state index contributed by atoms with van der Waals surface area (Å²) < 4.78 is 7.20. The Morgan fingerprint density at radius 1 is 1.36 bits per heavy atom. The van der Waals surface area contributed by atoms with Crippen molar-refractivity contribution in [3.8, 4) is 0 Å². The molecule has 1 aromatic heterocycles. The van der Waals surface area contributed by atoms with Gasteiger partial charge in [-0.15, -0.1) is 0 Å². The zero-order valence-electron chi connectivity index (χ0n) is 16.5. The van der Waals surface area contributed by atoms with Gasteiger partial charge in [0.25, 0.3) is 0 Å². The molecule has 0 spiro atoms. The summed E-state index contributed by atoms with van der Waals surface area (Å²) in [4.78, 5) is 23.5. The van der Waals surface area contributed by atoms with Gasteiger partial charge in [0.1, 0.15) is 18.7 Å². The largest absolute Gasteiger partial charge is 0.375 e. The van der Waals surface area contributed by atoms with Crippen LogP contribution in [0.4, 0.5) is 0 Å². The van der Waals surface area contributed by atoms with Crippen molar-refractivity contribution in [2.75, 3.05) is 20.2 Å². The van der Waals surface area contributed by atoms with E-state index in [1.165, 1.54) is 5.56 Å². The molecule has 0 radical (unpaired) electrons. The van der Waals surface area contributed by atoms with Gasteiger partial charge in [0.2, 0.25) is 5.91 Å². The van der Waals surface area contributed by atoms with Crippen molar-refractivity contribution in [2.45, 2.75) is 26.4 Å². The number of hydrogen-bond donors (Lipinski definition) is 0. The molecule has 144 valence electrons. The first kappa shape index (κ1) is 18.4. The highest BCUT2D eigenvalue weighted by Gasteiger charge is 2.29. The van der Waals surface area contributed by atoms with Crippen LogP contribution in [0.25, 0.3) is 11.3 Å². The molecule has 1 aromatic carbocycles. The van der Waals surface area contributed by atoms with Gasteiger partial charge in [0.15, 0.2) is 0 Å². The summed E-state index contributed by atoms with van der Waals surface area (Å²) in [6.45, 7) is 8.86. The van der Waals surface area contributed by atoms with Crippen molar-refractivity contribution in [3.05, 3.63) is 65.8 Å². The van der Waals surface area contributed by atoms with E-state index in [0.717, 1.165) is 34.5 Å². The van der Waals surface area contributed by atoms with Crippen molar-refractivity contribution < 1.29 is 9.53 Å². The fraction of sp³-hybridized carbons (Fsp3) is 0.318. The molecular formula is C22H24N4O2. The van der Waals surface area contributed by atoms with Gasteiger partial charge in [-0.1, -0.05) is 30.4 Å². The average molecular weight is 376 g/mol. The Bertz CT molecular complexity index is 1020. The van der Waals surface area contributed by atoms with Crippen LogP contribution in [0, 0.1) is 0 Å². The smallest absolute Gasteiger partial charge is 0.248 e. The van der Waals surface area contributed by atoms with E-state index in [-0.39, 0.29) is 18.6 Å². The van der Waals surface area contributed by atoms with E-state index in [4.69, 9.17) is 4.74 Å². The van der Waals surface area contributed by atoms with Crippen LogP contribution in [-0.2, 0) is 16.0 Å². The van der Waals surface area contributed by atoms with Crippen molar-refractivity contribution in [1.29, 1.82) is 0 Å². The first-order valence-electron chi connectivity index (χ1n) is 9.41. The van der Waals surface area contributed by atoms with Crippen LogP contribution < -0.4 is 0 Å². The summed E-state index contributed by atoms with van der Waals surface area (Å²) in [6, 6.07) is 6.19. The topological polar surface area (TPSA) is 59.7 Å². The van der Waals surface area contributed by atoms with Gasteiger partial charge in [0.05, 0.1) is 17.5 Å². The number of aromatic nitrogens is 2. The Morgan fingerprint density at radius 3 is 2.93 bits per heavy atom. The second kappa shape index (κ2) is 7.20. The van der Waals surface area contributed by atoms with Gasteiger partial charge in [0, 0.05) is 31.5 Å². The zero-order valence-corrected chi connectivity index (χ0v) is 16.5. The van der Waals surface area contributed by atoms with Crippen molar-refractivity contribution in [2.24, 2.45) is 4.99 Å². The molecule has 6 heteroatoms. The molecular weight excluding hydrogens is 352 g/mol. The molecule has 0 fully saturated rings. The van der Waals surface area contributed by atoms with Crippen molar-refractivity contribution in [1.82, 2.24) is 14.5 Å². The fourth-order valence-corrected chi connectivity index (χ4v) is 3.75. The normalized spacial score (nSPS) is 17.2. The standard InChI is InChI=1S/C22H24N4O2/c1-14(2)16-6-5-7-18-17(16)8-9-26-20(18)10-21(23-11-22(26)27)25-12-19(24-13-25)15(3)28-4/h5-7,10,12-13,15H,1,8-9,11H2,2-4H3/t15-/m0/s1. The van der Waals surface area contributed by atoms with E-state index >= 15 is 0 Å². The molecule has 1 atom stereocenters. The fourth-order valence-electron chi connectivity index (χ4n) is 3.75. The molecule has 4 rings (SSSR count). The maximum absolute atomic E-state index is 12.7. The van der Waals surface area contributed by atoms with Crippen LogP contribution in [-0.4, -0.2) is 46.4 Å². The number of imidazole rings is 1. The molecule has 0 unspecified atom stereocenters. The van der Waals surface area contributed by atoms with Gasteiger partial charge < -0.3 is 9.64 Å². The number of nitrogens with zero attached hydrogens (tertiary/aromatic N) is 4. The molecule has 6 nitrogen and oxygen atoms in total. The number of amides is 1. The Labute approximate surface area is 164 Å². The highest BCUT2D eigenvalue weighted by Crippen LogP contribution is 2.34. The monoisotopic (exact) mass is 376 g/mol. The first-order valence-corrected chi connectivity index (χ1v) is 9.41. The molecule has 0 N–H and O–H groups in total.